The second-order valence-corrected chi connectivity index (χ2v) is 5.72. The molecule has 82 valence electrons. The van der Waals surface area contributed by atoms with Crippen molar-refractivity contribution in [2.45, 2.75) is 25.1 Å². The van der Waals surface area contributed by atoms with Gasteiger partial charge in [-0.05, 0) is 19.1 Å². The van der Waals surface area contributed by atoms with Gasteiger partial charge in [0.15, 0.2) is 0 Å². The van der Waals surface area contributed by atoms with Gasteiger partial charge in [0, 0.05) is 35.5 Å². The van der Waals surface area contributed by atoms with Crippen molar-refractivity contribution in [3.8, 4) is 0 Å². The first-order chi connectivity index (χ1) is 7.18. The van der Waals surface area contributed by atoms with Crippen LogP contribution in [0, 0.1) is 0 Å². The number of hydrogen-bond acceptors (Lipinski definition) is 3. The summed E-state index contributed by atoms with van der Waals surface area (Å²) in [6.45, 7) is 5.64. The van der Waals surface area contributed by atoms with Gasteiger partial charge in [0.1, 0.15) is 5.15 Å². The molecule has 0 aliphatic carbocycles. The summed E-state index contributed by atoms with van der Waals surface area (Å²) in [7, 11) is 0. The van der Waals surface area contributed by atoms with E-state index in [0.29, 0.717) is 16.4 Å². The molecule has 4 heteroatoms. The van der Waals surface area contributed by atoms with E-state index < -0.39 is 0 Å². The van der Waals surface area contributed by atoms with E-state index in [0.717, 1.165) is 6.54 Å². The van der Waals surface area contributed by atoms with E-state index in [-0.39, 0.29) is 0 Å². The lowest BCUT2D eigenvalue weighted by Gasteiger charge is -2.39. The molecule has 2 unspecified atom stereocenters. The molecule has 0 saturated carbocycles. The molecule has 0 aromatic carbocycles. The van der Waals surface area contributed by atoms with Gasteiger partial charge in [-0.25, -0.2) is 4.98 Å². The SMILES string of the molecule is CC1SCCN(c2ccnc(Cl)c2)C1C. The van der Waals surface area contributed by atoms with Crippen molar-refractivity contribution < 1.29 is 0 Å². The van der Waals surface area contributed by atoms with Gasteiger partial charge >= 0.3 is 0 Å². The number of rotatable bonds is 1. The van der Waals surface area contributed by atoms with Crippen molar-refractivity contribution in [2.75, 3.05) is 17.2 Å². The fraction of sp³-hybridized carbons (Fsp3) is 0.545. The standard InChI is InChI=1S/C11H15ClN2S/c1-8-9(2)15-6-5-14(8)10-3-4-13-11(12)7-10/h3-4,7-9H,5-6H2,1-2H3. The highest BCUT2D eigenvalue weighted by Gasteiger charge is 2.25. The average Bonchev–Trinajstić information content (AvgIpc) is 2.22. The van der Waals surface area contributed by atoms with E-state index in [4.69, 9.17) is 11.6 Å². The van der Waals surface area contributed by atoms with Crippen LogP contribution in [0.1, 0.15) is 13.8 Å². The highest BCUT2D eigenvalue weighted by atomic mass is 35.5. The molecule has 1 aliphatic heterocycles. The van der Waals surface area contributed by atoms with Crippen molar-refractivity contribution in [3.63, 3.8) is 0 Å². The Morgan fingerprint density at radius 2 is 2.33 bits per heavy atom. The first-order valence-corrected chi connectivity index (χ1v) is 6.61. The minimum atomic E-state index is 0.558. The molecule has 0 spiro atoms. The van der Waals surface area contributed by atoms with Crippen LogP contribution in [0.15, 0.2) is 18.3 Å². The second kappa shape index (κ2) is 4.62. The third kappa shape index (κ3) is 2.40. The van der Waals surface area contributed by atoms with Gasteiger partial charge in [-0.1, -0.05) is 18.5 Å². The van der Waals surface area contributed by atoms with Gasteiger partial charge in [-0.3, -0.25) is 0 Å². The van der Waals surface area contributed by atoms with E-state index in [1.807, 2.05) is 23.9 Å². The van der Waals surface area contributed by atoms with Crippen LogP contribution in [-0.2, 0) is 0 Å². The predicted molar refractivity (Wildman–Crippen MR) is 68.0 cm³/mol. The van der Waals surface area contributed by atoms with Crippen LogP contribution in [0.5, 0.6) is 0 Å². The maximum absolute atomic E-state index is 5.91. The van der Waals surface area contributed by atoms with Gasteiger partial charge in [-0.2, -0.15) is 11.8 Å². The van der Waals surface area contributed by atoms with E-state index in [9.17, 15) is 0 Å². The molecule has 2 atom stereocenters. The third-order valence-electron chi connectivity index (χ3n) is 2.93. The average molecular weight is 243 g/mol. The zero-order chi connectivity index (χ0) is 10.8. The minimum Gasteiger partial charge on any atom is -0.367 e. The molecule has 1 fully saturated rings. The number of nitrogens with zero attached hydrogens (tertiary/aromatic N) is 2. The number of pyridine rings is 1. The second-order valence-electron chi connectivity index (χ2n) is 3.85. The zero-order valence-electron chi connectivity index (χ0n) is 8.98. The summed E-state index contributed by atoms with van der Waals surface area (Å²) in [5.74, 6) is 1.19. The van der Waals surface area contributed by atoms with E-state index in [2.05, 4.69) is 23.7 Å². The Kier molecular flexibility index (Phi) is 3.42. The topological polar surface area (TPSA) is 16.1 Å². The van der Waals surface area contributed by atoms with E-state index in [1.54, 1.807) is 6.20 Å². The molecular formula is C11H15ClN2S. The highest BCUT2D eigenvalue weighted by molar-refractivity contribution is 8.00. The monoisotopic (exact) mass is 242 g/mol. The van der Waals surface area contributed by atoms with Gasteiger partial charge in [0.25, 0.3) is 0 Å². The summed E-state index contributed by atoms with van der Waals surface area (Å²) in [4.78, 5) is 6.42. The van der Waals surface area contributed by atoms with Crippen LogP contribution < -0.4 is 4.90 Å². The Morgan fingerprint density at radius 1 is 1.53 bits per heavy atom. The summed E-state index contributed by atoms with van der Waals surface area (Å²) >= 11 is 7.94. The van der Waals surface area contributed by atoms with E-state index in [1.165, 1.54) is 11.4 Å². The summed E-state index contributed by atoms with van der Waals surface area (Å²) in [5, 5.41) is 1.25. The lowest BCUT2D eigenvalue weighted by Crippen LogP contribution is -2.44. The first-order valence-electron chi connectivity index (χ1n) is 5.18. The Bertz CT molecular complexity index is 345. The molecular weight excluding hydrogens is 228 g/mol. The third-order valence-corrected chi connectivity index (χ3v) is 4.47. The lowest BCUT2D eigenvalue weighted by atomic mass is 10.2. The Labute approximate surface area is 100 Å². The molecule has 1 aliphatic rings. The molecule has 0 bridgehead atoms. The zero-order valence-corrected chi connectivity index (χ0v) is 10.6. The maximum atomic E-state index is 5.91. The minimum absolute atomic E-state index is 0.558. The van der Waals surface area contributed by atoms with Gasteiger partial charge in [-0.15, -0.1) is 0 Å². The summed E-state index contributed by atoms with van der Waals surface area (Å²) in [6.07, 6.45) is 1.77. The summed E-state index contributed by atoms with van der Waals surface area (Å²) in [6, 6.07) is 4.54. The van der Waals surface area contributed by atoms with Crippen LogP contribution in [0.3, 0.4) is 0 Å². The summed E-state index contributed by atoms with van der Waals surface area (Å²) in [5.41, 5.74) is 1.19. The Balaban J connectivity index is 2.22. The van der Waals surface area contributed by atoms with Crippen molar-refractivity contribution in [2.24, 2.45) is 0 Å². The molecule has 0 amide bonds. The number of aromatic nitrogens is 1. The quantitative estimate of drug-likeness (QED) is 0.705. The predicted octanol–water partition coefficient (Wildman–Crippen LogP) is 3.07. The smallest absolute Gasteiger partial charge is 0.131 e. The largest absolute Gasteiger partial charge is 0.367 e. The van der Waals surface area contributed by atoms with Crippen LogP contribution >= 0.6 is 23.4 Å². The first kappa shape index (κ1) is 11.1. The Hall–Kier alpha value is -0.410. The number of hydrogen-bond donors (Lipinski definition) is 0. The van der Waals surface area contributed by atoms with Gasteiger partial charge < -0.3 is 4.90 Å². The number of thioether (sulfide) groups is 1. The molecule has 2 heterocycles. The Morgan fingerprint density at radius 3 is 3.07 bits per heavy atom. The molecule has 15 heavy (non-hydrogen) atoms. The van der Waals surface area contributed by atoms with Crippen LogP contribution in [0.4, 0.5) is 5.69 Å². The molecule has 0 radical (unpaired) electrons. The summed E-state index contributed by atoms with van der Waals surface area (Å²) < 4.78 is 0. The van der Waals surface area contributed by atoms with Gasteiger partial charge in [0.05, 0.1) is 0 Å². The van der Waals surface area contributed by atoms with Gasteiger partial charge in [0.2, 0.25) is 0 Å². The lowest BCUT2D eigenvalue weighted by molar-refractivity contribution is 0.627. The molecule has 0 N–H and O–H groups in total. The normalized spacial score (nSPS) is 26.7. The van der Waals surface area contributed by atoms with Crippen molar-refractivity contribution in [1.82, 2.24) is 4.98 Å². The van der Waals surface area contributed by atoms with E-state index >= 15 is 0 Å². The maximum Gasteiger partial charge on any atom is 0.131 e. The molecule has 2 rings (SSSR count). The number of anilines is 1. The number of halogens is 1. The molecule has 1 saturated heterocycles. The van der Waals surface area contributed by atoms with Crippen LogP contribution in [0.25, 0.3) is 0 Å². The molecule has 2 nitrogen and oxygen atoms in total. The van der Waals surface area contributed by atoms with Crippen molar-refractivity contribution in [1.29, 1.82) is 0 Å². The van der Waals surface area contributed by atoms with Crippen molar-refractivity contribution in [3.05, 3.63) is 23.5 Å². The molecule has 1 aromatic rings. The van der Waals surface area contributed by atoms with Crippen LogP contribution in [-0.4, -0.2) is 28.6 Å². The van der Waals surface area contributed by atoms with Crippen LogP contribution in [0.2, 0.25) is 5.15 Å². The molecule has 1 aromatic heterocycles. The van der Waals surface area contributed by atoms with Crippen molar-refractivity contribution >= 4 is 29.1 Å². The highest BCUT2D eigenvalue weighted by Crippen LogP contribution is 2.29. The fourth-order valence-corrected chi connectivity index (χ4v) is 3.14. The fourth-order valence-electron chi connectivity index (χ4n) is 1.87.